The summed E-state index contributed by atoms with van der Waals surface area (Å²) in [7, 11) is 0. The van der Waals surface area contributed by atoms with E-state index >= 15 is 0 Å². The molecule has 0 spiro atoms. The number of halogens is 7. The Balaban J connectivity index is 0.000000247. The molecule has 1 aliphatic heterocycles. The second-order valence-electron chi connectivity index (χ2n) is 12.7. The van der Waals surface area contributed by atoms with Gasteiger partial charge in [-0.1, -0.05) is 95.4 Å². The van der Waals surface area contributed by atoms with Gasteiger partial charge in [-0.2, -0.15) is 50.2 Å². The number of rotatable bonds is 3. The number of furan rings is 1. The molecule has 0 bridgehead atoms. The van der Waals surface area contributed by atoms with Crippen LogP contribution < -0.4 is 0 Å². The van der Waals surface area contributed by atoms with Crippen LogP contribution in [0.15, 0.2) is 144 Å². The van der Waals surface area contributed by atoms with Gasteiger partial charge in [-0.3, -0.25) is 4.39 Å². The van der Waals surface area contributed by atoms with Crippen molar-refractivity contribution in [1.82, 2.24) is 4.98 Å². The molecule has 1 aliphatic rings. The van der Waals surface area contributed by atoms with E-state index in [-0.39, 0.29) is 48.8 Å². The maximum Gasteiger partial charge on any atom is 3.00 e. The van der Waals surface area contributed by atoms with Gasteiger partial charge in [0.1, 0.15) is 5.58 Å². The third kappa shape index (κ3) is 7.32. The zero-order valence-electron chi connectivity index (χ0n) is 31.6. The fourth-order valence-corrected chi connectivity index (χ4v) is 6.77. The molecule has 11 heteroatoms. The van der Waals surface area contributed by atoms with Crippen molar-refractivity contribution in [2.24, 2.45) is 0 Å². The third-order valence-electron chi connectivity index (χ3n) is 9.25. The molecule has 0 radical (unpaired) electrons. The van der Waals surface area contributed by atoms with E-state index in [0.717, 1.165) is 44.5 Å². The first kappa shape index (κ1) is 34.7. The molecule has 1 unspecified atom stereocenters. The Morgan fingerprint density at radius 2 is 1.46 bits per heavy atom. The van der Waals surface area contributed by atoms with E-state index in [1.165, 1.54) is 36.7 Å². The van der Waals surface area contributed by atoms with Crippen LogP contribution in [0.25, 0.3) is 71.2 Å². The first-order chi connectivity index (χ1) is 27.6. The molecule has 3 nitrogen and oxygen atoms in total. The molecule has 280 valence electrons. The second kappa shape index (κ2) is 15.0. The summed E-state index contributed by atoms with van der Waals surface area (Å²) < 4.78 is 124. The van der Waals surface area contributed by atoms with Crippen LogP contribution in [0.1, 0.15) is 33.7 Å². The fraction of sp³-hybridized carbons (Fsp3) is 0.0889. The van der Waals surface area contributed by atoms with E-state index in [1.807, 2.05) is 54.6 Å². The number of fused-ring (bicyclic) bond motifs is 7. The minimum absolute atomic E-state index is 0. The molecule has 2 aromatic heterocycles. The monoisotopic (exact) mass is 939 g/mol. The molecule has 0 amide bonds. The smallest absolute Gasteiger partial charge is 0.683 e. The number of hydrogen-bond acceptors (Lipinski definition) is 2. The predicted octanol–water partition coefficient (Wildman–Crippen LogP) is 14.0. The van der Waals surface area contributed by atoms with Gasteiger partial charge in [-0.05, 0) is 52.5 Å². The van der Waals surface area contributed by atoms with Crippen LogP contribution in [0, 0.1) is 17.9 Å². The average molecular weight is 939 g/mol. The minimum Gasteiger partial charge on any atom is -0.683 e. The van der Waals surface area contributed by atoms with Crippen molar-refractivity contribution in [2.75, 3.05) is 0 Å². The van der Waals surface area contributed by atoms with Crippen LogP contribution in [0.4, 0.5) is 30.7 Å². The number of pyridine rings is 1. The molecule has 0 N–H and O–H groups in total. The van der Waals surface area contributed by atoms with Crippen LogP contribution in [-0.4, -0.2) is 4.98 Å². The van der Waals surface area contributed by atoms with Crippen molar-refractivity contribution < 1.29 is 59.4 Å². The number of alkyl halides is 6. The van der Waals surface area contributed by atoms with Gasteiger partial charge in [0.25, 0.3) is 0 Å². The van der Waals surface area contributed by atoms with E-state index in [2.05, 4.69) is 22.4 Å². The maximum atomic E-state index is 13.9. The zero-order chi connectivity index (χ0) is 41.0. The summed E-state index contributed by atoms with van der Waals surface area (Å²) in [6.45, 7) is -2.14. The molecule has 0 saturated carbocycles. The normalized spacial score (nSPS) is 15.3. The van der Waals surface area contributed by atoms with Crippen molar-refractivity contribution in [2.45, 2.75) is 25.2 Å². The quantitative estimate of drug-likeness (QED) is 0.101. The molecule has 6 aromatic carbocycles. The molecule has 3 heterocycles. The maximum absolute atomic E-state index is 13.9. The van der Waals surface area contributed by atoms with E-state index in [1.54, 1.807) is 18.2 Å². The fourth-order valence-electron chi connectivity index (χ4n) is 6.77. The summed E-state index contributed by atoms with van der Waals surface area (Å²) in [4.78, 5) is 4.29. The summed E-state index contributed by atoms with van der Waals surface area (Å²) in [5.41, 5.74) is -1.61. The zero-order valence-corrected chi connectivity index (χ0v) is 31.0. The van der Waals surface area contributed by atoms with Gasteiger partial charge in [0.2, 0.25) is 0 Å². The summed E-state index contributed by atoms with van der Waals surface area (Å²) in [5.74, 6) is -0.354. The minimum atomic E-state index is -5.00. The van der Waals surface area contributed by atoms with Crippen molar-refractivity contribution in [3.8, 4) is 22.4 Å². The Bertz CT molecular complexity index is 2890. The van der Waals surface area contributed by atoms with E-state index in [0.29, 0.717) is 34.4 Å². The summed E-state index contributed by atoms with van der Waals surface area (Å²) in [6, 6.07) is 33.4. The summed E-state index contributed by atoms with van der Waals surface area (Å²) >= 11 is 0. The van der Waals surface area contributed by atoms with Gasteiger partial charge in [0, 0.05) is 32.5 Å². The Hall–Kier alpha value is -5.77. The predicted molar refractivity (Wildman–Crippen MR) is 200 cm³/mol. The van der Waals surface area contributed by atoms with Gasteiger partial charge < -0.3 is 14.7 Å². The Morgan fingerprint density at radius 1 is 0.750 bits per heavy atom. The summed E-state index contributed by atoms with van der Waals surface area (Å²) in [5, 5.41) is 9.64. The third-order valence-corrected chi connectivity index (χ3v) is 9.25. The summed E-state index contributed by atoms with van der Waals surface area (Å²) in [6.07, 6.45) is -4.27. The van der Waals surface area contributed by atoms with E-state index < -0.39 is 35.9 Å². The number of nitrogens with zero attached hydrogens (tertiary/aromatic N) is 2. The molecule has 56 heavy (non-hydrogen) atoms. The van der Waals surface area contributed by atoms with Crippen LogP contribution in [0.2, 0.25) is 0 Å². The van der Waals surface area contributed by atoms with Crippen LogP contribution in [-0.2, 0) is 32.5 Å². The van der Waals surface area contributed by atoms with Crippen molar-refractivity contribution in [1.29, 1.82) is 0 Å². The second-order valence-corrected chi connectivity index (χ2v) is 12.7. The standard InChI is InChI=1S/C33H16F6NO.C12H10FN.Ir/c34-32(35,36)26-9-4-10-27(33(37,38)39)29(26)19-15-16-40-28(17-19)25-8-3-7-22-24-14-13-21-20-6-2-1-5-18(20)11-12-23(21)30(24)41-31(22)25;1-9-2-7-12(14-8-9)10-3-5-11(13)6-4-10;/h1-7,9-17H;2-3,5-8,12H,1H3;/q-1;-2;+3/i;1D3;. The first-order valence-corrected chi connectivity index (χ1v) is 16.8. The SMILES string of the molecule is FC(F)(F)c1cccc(C(F)(F)F)c1-c1ccnc(-c2[c-]ccc3c2oc2c3ccc3c4ccccc4ccc32)c1.[2H]C([2H])([2H])C1=C[N-]C(c2[c-]cc(F)cc2)C=C1.[Ir+3]. The van der Waals surface area contributed by atoms with Gasteiger partial charge >= 0.3 is 32.5 Å². The molecular formula is C45H26F7IrN2O. The van der Waals surface area contributed by atoms with Gasteiger partial charge in [-0.15, -0.1) is 30.3 Å². The number of hydrogen-bond donors (Lipinski definition) is 0. The molecule has 0 aliphatic carbocycles. The molecular weight excluding hydrogens is 910 g/mol. The van der Waals surface area contributed by atoms with E-state index in [4.69, 9.17) is 8.53 Å². The van der Waals surface area contributed by atoms with Crippen LogP contribution in [0.5, 0.6) is 0 Å². The van der Waals surface area contributed by atoms with Crippen molar-refractivity contribution in [3.63, 3.8) is 0 Å². The Kier molecular flexibility index (Phi) is 9.33. The molecule has 1 atom stereocenters. The van der Waals surface area contributed by atoms with Gasteiger partial charge in [0.05, 0.1) is 16.7 Å². The molecule has 0 fully saturated rings. The Labute approximate surface area is 333 Å². The van der Waals surface area contributed by atoms with Crippen LogP contribution in [0.3, 0.4) is 0 Å². The number of benzene rings is 6. The number of aromatic nitrogens is 1. The van der Waals surface area contributed by atoms with Gasteiger partial charge in [0.15, 0.2) is 0 Å². The molecule has 0 saturated heterocycles. The van der Waals surface area contributed by atoms with E-state index in [9.17, 15) is 30.7 Å². The van der Waals surface area contributed by atoms with Crippen molar-refractivity contribution >= 4 is 43.5 Å². The molecule has 9 rings (SSSR count). The average Bonchev–Trinajstić information content (AvgIpc) is 3.60. The van der Waals surface area contributed by atoms with Gasteiger partial charge in [-0.25, -0.2) is 0 Å². The largest absolute Gasteiger partial charge is 3.00 e. The van der Waals surface area contributed by atoms with Crippen LogP contribution >= 0.6 is 0 Å². The topological polar surface area (TPSA) is 40.1 Å². The number of allylic oxidation sites excluding steroid dienone is 2. The first-order valence-electron chi connectivity index (χ1n) is 18.3. The van der Waals surface area contributed by atoms with Crippen molar-refractivity contribution in [3.05, 3.63) is 179 Å². The molecule has 8 aromatic rings. The Morgan fingerprint density at radius 3 is 2.16 bits per heavy atom.